The third-order valence-electron chi connectivity index (χ3n) is 13.2. The van der Waals surface area contributed by atoms with Crippen LogP contribution in [-0.2, 0) is 54.5 Å². The smallest absolute Gasteiger partial charge is 0.328 e. The van der Waals surface area contributed by atoms with Crippen molar-refractivity contribution in [3.8, 4) is 11.5 Å². The van der Waals surface area contributed by atoms with Gasteiger partial charge in [0, 0.05) is 62.3 Å². The van der Waals surface area contributed by atoms with Crippen molar-refractivity contribution in [2.45, 2.75) is 75.8 Å². The van der Waals surface area contributed by atoms with E-state index in [4.69, 9.17) is 39.2 Å². The van der Waals surface area contributed by atoms with Crippen LogP contribution in [0.2, 0.25) is 0 Å². The van der Waals surface area contributed by atoms with E-state index in [0.29, 0.717) is 25.4 Å². The van der Waals surface area contributed by atoms with Gasteiger partial charge in [-0.25, -0.2) is 9.59 Å². The molecule has 0 radical (unpaired) electrons. The zero-order valence-electron chi connectivity index (χ0n) is 40.8. The number of ether oxygens (including phenoxy) is 2. The van der Waals surface area contributed by atoms with Crippen LogP contribution >= 0.6 is 0 Å². The first-order valence-electron chi connectivity index (χ1n) is 25.2. The van der Waals surface area contributed by atoms with Crippen molar-refractivity contribution in [3.63, 3.8) is 0 Å². The maximum atomic E-state index is 9.55. The Balaban J connectivity index is 0.000000168. The molecule has 10 rings (SSSR count). The van der Waals surface area contributed by atoms with E-state index in [1.54, 1.807) is 0 Å². The van der Waals surface area contributed by atoms with E-state index in [2.05, 4.69) is 155 Å². The normalized spacial score (nSPS) is 17.8. The van der Waals surface area contributed by atoms with Crippen LogP contribution in [0, 0.1) is 0 Å². The highest BCUT2D eigenvalue weighted by Gasteiger charge is 2.27. The minimum absolute atomic E-state index is 0.0229. The van der Waals surface area contributed by atoms with Crippen molar-refractivity contribution in [2.24, 2.45) is 0 Å². The zero-order chi connectivity index (χ0) is 49.7. The highest BCUT2D eigenvalue weighted by Crippen LogP contribution is 2.32. The lowest BCUT2D eigenvalue weighted by Crippen LogP contribution is -2.41. The van der Waals surface area contributed by atoms with E-state index in [0.717, 1.165) is 89.3 Å². The van der Waals surface area contributed by atoms with Crippen LogP contribution in [0.4, 0.5) is 0 Å². The van der Waals surface area contributed by atoms with Crippen LogP contribution in [0.25, 0.3) is 0 Å². The summed E-state index contributed by atoms with van der Waals surface area (Å²) in [4.78, 5) is 44.9. The summed E-state index contributed by atoms with van der Waals surface area (Å²) in [6.45, 7) is 7.62. The summed E-state index contributed by atoms with van der Waals surface area (Å²) in [6, 6.07) is 55.3. The van der Waals surface area contributed by atoms with Gasteiger partial charge in [0.25, 0.3) is 0 Å². The molecule has 0 aliphatic carbocycles. The highest BCUT2D eigenvalue weighted by molar-refractivity contribution is 5.89. The second-order valence-electron chi connectivity index (χ2n) is 18.5. The van der Waals surface area contributed by atoms with Crippen LogP contribution in [0.15, 0.2) is 170 Å². The lowest BCUT2D eigenvalue weighted by Gasteiger charge is -2.35. The van der Waals surface area contributed by atoms with Gasteiger partial charge in [0.1, 0.15) is 12.2 Å². The van der Waals surface area contributed by atoms with Gasteiger partial charge in [-0.3, -0.25) is 0 Å². The van der Waals surface area contributed by atoms with Gasteiger partial charge in [-0.05, 0) is 97.1 Å². The number of carbonyl (C=O) groups is 2. The third-order valence-corrected chi connectivity index (χ3v) is 13.2. The van der Waals surface area contributed by atoms with Crippen LogP contribution in [0.1, 0.15) is 82.4 Å². The molecule has 0 saturated carbocycles. The lowest BCUT2D eigenvalue weighted by molar-refractivity contribution is -0.215. The first-order chi connectivity index (χ1) is 35.3. The molecule has 4 aliphatic heterocycles. The van der Waals surface area contributed by atoms with Crippen molar-refractivity contribution in [1.29, 1.82) is 0 Å². The van der Waals surface area contributed by atoms with E-state index in [-0.39, 0.29) is 24.4 Å². The Bertz CT molecular complexity index is 2360. The minimum atomic E-state index is -1.26. The average molecular weight is 975 g/mol. The number of carboxylic acids is 2. The fraction of sp³-hybridized carbons (Fsp3) is 0.333. The Hall–Kier alpha value is -6.64. The number of hydrogen-bond donors (Lipinski definition) is 2. The summed E-state index contributed by atoms with van der Waals surface area (Å²) in [5.74, 6) is -0.793. The van der Waals surface area contributed by atoms with Crippen LogP contribution in [-0.4, -0.2) is 96.6 Å². The lowest BCUT2D eigenvalue weighted by atomic mass is 10.00. The summed E-state index contributed by atoms with van der Waals surface area (Å²) in [5.41, 5.74) is 10.1. The Morgan fingerprint density at radius 3 is 1.24 bits per heavy atom. The van der Waals surface area contributed by atoms with Gasteiger partial charge in [0.2, 0.25) is 0 Å². The molecule has 12 nitrogen and oxygen atoms in total. The molecule has 0 bridgehead atoms. The van der Waals surface area contributed by atoms with E-state index in [1.807, 2.05) is 12.1 Å². The molecule has 2 unspecified atom stereocenters. The zero-order valence-corrected chi connectivity index (χ0v) is 40.8. The Morgan fingerprint density at radius 2 is 0.889 bits per heavy atom. The van der Waals surface area contributed by atoms with Gasteiger partial charge in [0.15, 0.2) is 11.5 Å². The molecule has 6 aromatic rings. The van der Waals surface area contributed by atoms with Crippen molar-refractivity contribution >= 4 is 11.9 Å². The summed E-state index contributed by atoms with van der Waals surface area (Å²) >= 11 is 0. The monoisotopic (exact) mass is 974 g/mol. The molecular formula is C60H66N2O10. The molecule has 4 aliphatic rings. The SMILES string of the molecule is O=C(O)/C=C/C(=O)O.c1ccc(C(OC2CCCN(CCc3ccc4c(c3)CCOO4)C2)c2ccccc2)cc1.c1ccc(C(OC2CCCN(CCc3ccc4c(c3)CCOO4)C2)c2ccccc2)cc1. The first kappa shape index (κ1) is 51.7. The molecule has 6 aromatic carbocycles. The van der Waals surface area contributed by atoms with Gasteiger partial charge in [-0.2, -0.15) is 9.78 Å². The van der Waals surface area contributed by atoms with E-state index >= 15 is 0 Å². The van der Waals surface area contributed by atoms with E-state index in [9.17, 15) is 9.59 Å². The maximum absolute atomic E-state index is 9.55. The van der Waals surface area contributed by atoms with Gasteiger partial charge < -0.3 is 39.3 Å². The van der Waals surface area contributed by atoms with Gasteiger partial charge in [-0.1, -0.05) is 146 Å². The van der Waals surface area contributed by atoms with Crippen molar-refractivity contribution in [2.75, 3.05) is 52.5 Å². The molecule has 0 amide bonds. The molecule has 72 heavy (non-hydrogen) atoms. The van der Waals surface area contributed by atoms with Crippen molar-refractivity contribution < 1.29 is 48.8 Å². The standard InChI is InChI=1S/2C28H31NO3.C4H4O4/c2*1-3-8-23(9-4-1)28(24-10-5-2-6-11-24)31-26-12-7-17-29(21-26)18-15-22-13-14-27-25(20-22)16-19-30-32-27;5-3(6)1-2-4(7)8/h2*1-6,8-11,13-14,20,26,28H,7,12,15-19,21H2;1-2H,(H,5,6)(H,7,8)/b;;2-1+. The van der Waals surface area contributed by atoms with Gasteiger partial charge >= 0.3 is 11.9 Å². The molecule has 12 heteroatoms. The molecule has 4 heterocycles. The number of hydrogen-bond acceptors (Lipinski definition) is 10. The molecular weight excluding hydrogens is 909 g/mol. The van der Waals surface area contributed by atoms with Crippen molar-refractivity contribution in [1.82, 2.24) is 9.80 Å². The second-order valence-corrected chi connectivity index (χ2v) is 18.5. The summed E-state index contributed by atoms with van der Waals surface area (Å²) in [7, 11) is 0. The predicted molar refractivity (Wildman–Crippen MR) is 276 cm³/mol. The van der Waals surface area contributed by atoms with Gasteiger partial charge in [-0.15, -0.1) is 0 Å². The molecule has 0 aromatic heterocycles. The number of nitrogens with zero attached hydrogens (tertiary/aromatic N) is 2. The van der Waals surface area contributed by atoms with Gasteiger partial charge in [0.05, 0.1) is 25.4 Å². The van der Waals surface area contributed by atoms with Crippen molar-refractivity contribution in [3.05, 3.63) is 214 Å². The second kappa shape index (κ2) is 27.3. The van der Waals surface area contributed by atoms with E-state index in [1.165, 1.54) is 57.3 Å². The predicted octanol–water partition coefficient (Wildman–Crippen LogP) is 10.4. The molecule has 2 N–H and O–H groups in total. The van der Waals surface area contributed by atoms with Crippen LogP contribution in [0.5, 0.6) is 11.5 Å². The number of carboxylic acid groups (broad SMARTS) is 2. The number of aliphatic carboxylic acids is 2. The number of fused-ring (bicyclic) bond motifs is 2. The summed E-state index contributed by atoms with van der Waals surface area (Å²) in [6.07, 6.45) is 10.1. The first-order valence-corrected chi connectivity index (χ1v) is 25.2. The minimum Gasteiger partial charge on any atom is -0.478 e. The average Bonchev–Trinajstić information content (AvgIpc) is 3.43. The Kier molecular flexibility index (Phi) is 19.6. The topological polar surface area (TPSA) is 136 Å². The largest absolute Gasteiger partial charge is 0.478 e. The number of likely N-dealkylation sites (tertiary alicyclic amines) is 2. The Labute approximate surface area is 423 Å². The van der Waals surface area contributed by atoms with E-state index < -0.39 is 11.9 Å². The number of rotatable bonds is 16. The molecule has 376 valence electrons. The Morgan fingerprint density at radius 1 is 0.528 bits per heavy atom. The highest BCUT2D eigenvalue weighted by atomic mass is 17.2. The van der Waals surface area contributed by atoms with Crippen LogP contribution in [0.3, 0.4) is 0 Å². The molecule has 0 spiro atoms. The fourth-order valence-corrected chi connectivity index (χ4v) is 9.61. The number of piperidine rings is 2. The molecule has 2 fully saturated rings. The van der Waals surface area contributed by atoms with Crippen LogP contribution < -0.4 is 9.78 Å². The fourth-order valence-electron chi connectivity index (χ4n) is 9.61. The third kappa shape index (κ3) is 15.9. The quantitative estimate of drug-likeness (QED) is 0.0706. The summed E-state index contributed by atoms with van der Waals surface area (Å²) < 4.78 is 13.5. The summed E-state index contributed by atoms with van der Waals surface area (Å²) in [5, 5.41) is 15.6. The molecule has 2 atom stereocenters. The molecule has 2 saturated heterocycles. The number of benzene rings is 6. The maximum Gasteiger partial charge on any atom is 0.328 e.